The number of non-ortho nitro benzene ring substituents is 1. The van der Waals surface area contributed by atoms with Crippen molar-refractivity contribution < 1.29 is 9.66 Å². The summed E-state index contributed by atoms with van der Waals surface area (Å²) in [6.45, 7) is 9.19. The summed E-state index contributed by atoms with van der Waals surface area (Å²) in [6, 6.07) is 11.3. The van der Waals surface area contributed by atoms with Crippen molar-refractivity contribution in [2.75, 3.05) is 4.90 Å². The topological polar surface area (TPSA) is 55.6 Å². The molecule has 0 fully saturated rings. The predicted molar refractivity (Wildman–Crippen MR) is 92.5 cm³/mol. The number of aryl methyl sites for hydroxylation is 1. The Labute approximate surface area is 141 Å². The number of hydrogen-bond acceptors (Lipinski definition) is 4. The molecule has 5 heteroatoms. The Morgan fingerprint density at radius 2 is 1.92 bits per heavy atom. The van der Waals surface area contributed by atoms with Gasteiger partial charge in [-0.05, 0) is 45.4 Å². The number of nitrogens with zero attached hydrogens (tertiary/aromatic N) is 2. The lowest BCUT2D eigenvalue weighted by Gasteiger charge is -2.48. The van der Waals surface area contributed by atoms with Crippen molar-refractivity contribution in [1.82, 2.24) is 0 Å². The Kier molecular flexibility index (Phi) is 2.81. The van der Waals surface area contributed by atoms with Gasteiger partial charge in [-0.2, -0.15) is 0 Å². The fourth-order valence-corrected chi connectivity index (χ4v) is 3.91. The zero-order chi connectivity index (χ0) is 17.3. The summed E-state index contributed by atoms with van der Waals surface area (Å²) in [5, 5.41) is 11.1. The summed E-state index contributed by atoms with van der Waals surface area (Å²) >= 11 is 0. The number of benzene rings is 2. The highest BCUT2D eigenvalue weighted by Crippen LogP contribution is 2.55. The molecule has 0 saturated heterocycles. The van der Waals surface area contributed by atoms with Crippen LogP contribution in [0.25, 0.3) is 0 Å². The Morgan fingerprint density at radius 3 is 2.62 bits per heavy atom. The number of ether oxygens (including phenoxy) is 1. The van der Waals surface area contributed by atoms with Gasteiger partial charge in [0.05, 0.1) is 16.9 Å². The highest BCUT2D eigenvalue weighted by Gasteiger charge is 2.57. The van der Waals surface area contributed by atoms with Crippen molar-refractivity contribution in [2.45, 2.75) is 45.4 Å². The van der Waals surface area contributed by atoms with E-state index < -0.39 is 5.72 Å². The van der Waals surface area contributed by atoms with E-state index in [1.54, 1.807) is 12.1 Å². The third kappa shape index (κ3) is 1.75. The number of fused-ring (bicyclic) bond motifs is 4. The maximum absolute atomic E-state index is 11.1. The van der Waals surface area contributed by atoms with Crippen LogP contribution in [0.5, 0.6) is 5.75 Å². The predicted octanol–water partition coefficient (Wildman–Crippen LogP) is 4.31. The second kappa shape index (κ2) is 4.50. The summed E-state index contributed by atoms with van der Waals surface area (Å²) in [5.74, 6) is 0.733. The molecule has 0 radical (unpaired) electrons. The van der Waals surface area contributed by atoms with Gasteiger partial charge >= 0.3 is 0 Å². The van der Waals surface area contributed by atoms with Crippen LogP contribution in [0.2, 0.25) is 0 Å². The fraction of sp³-hybridized carbons (Fsp3) is 0.368. The average molecular weight is 324 g/mol. The molecule has 1 atom stereocenters. The van der Waals surface area contributed by atoms with Crippen LogP contribution in [0, 0.1) is 17.0 Å². The van der Waals surface area contributed by atoms with Gasteiger partial charge in [0.25, 0.3) is 5.69 Å². The molecule has 0 aromatic heterocycles. The molecule has 2 heterocycles. The van der Waals surface area contributed by atoms with Gasteiger partial charge in [-0.1, -0.05) is 17.7 Å². The number of hydrogen-bond donors (Lipinski definition) is 0. The quantitative estimate of drug-likeness (QED) is 0.579. The lowest BCUT2D eigenvalue weighted by atomic mass is 9.77. The van der Waals surface area contributed by atoms with Gasteiger partial charge in [-0.3, -0.25) is 10.1 Å². The largest absolute Gasteiger partial charge is 0.467 e. The minimum atomic E-state index is -0.522. The van der Waals surface area contributed by atoms with Crippen LogP contribution in [0.4, 0.5) is 11.4 Å². The molecule has 2 aromatic rings. The van der Waals surface area contributed by atoms with Gasteiger partial charge in [0.15, 0.2) is 5.72 Å². The van der Waals surface area contributed by atoms with Crippen LogP contribution in [0.15, 0.2) is 36.4 Å². The third-order valence-corrected chi connectivity index (χ3v) is 5.68. The van der Waals surface area contributed by atoms with Crippen molar-refractivity contribution in [1.29, 1.82) is 0 Å². The number of anilines is 1. The molecule has 124 valence electrons. The SMILES string of the molecule is Cc1ccc2c(c1)C(C)(C)[C@]1(C)Oc3ccc([N+](=O)[O-])cc3CN21. The summed E-state index contributed by atoms with van der Waals surface area (Å²) < 4.78 is 6.42. The van der Waals surface area contributed by atoms with E-state index in [1.807, 2.05) is 0 Å². The first kappa shape index (κ1) is 15.0. The van der Waals surface area contributed by atoms with Gasteiger partial charge in [-0.15, -0.1) is 0 Å². The van der Waals surface area contributed by atoms with E-state index in [2.05, 4.69) is 50.8 Å². The van der Waals surface area contributed by atoms with Crippen molar-refractivity contribution in [3.63, 3.8) is 0 Å². The molecule has 0 amide bonds. The Hall–Kier alpha value is -2.56. The highest BCUT2D eigenvalue weighted by molar-refractivity contribution is 5.68. The van der Waals surface area contributed by atoms with Crippen LogP contribution in [-0.2, 0) is 12.0 Å². The second-order valence-corrected chi connectivity index (χ2v) is 7.37. The molecular weight excluding hydrogens is 304 g/mol. The zero-order valence-corrected chi connectivity index (χ0v) is 14.3. The molecule has 4 rings (SSSR count). The molecule has 0 saturated carbocycles. The number of rotatable bonds is 1. The normalized spacial score (nSPS) is 23.1. The van der Waals surface area contributed by atoms with Crippen molar-refractivity contribution in [3.05, 3.63) is 63.2 Å². The molecule has 5 nitrogen and oxygen atoms in total. The summed E-state index contributed by atoms with van der Waals surface area (Å²) in [6.07, 6.45) is 0. The first-order valence-corrected chi connectivity index (χ1v) is 8.09. The van der Waals surface area contributed by atoms with Gasteiger partial charge in [-0.25, -0.2) is 0 Å². The highest BCUT2D eigenvalue weighted by atomic mass is 16.6. The molecule has 2 aliphatic rings. The van der Waals surface area contributed by atoms with Gasteiger partial charge in [0, 0.05) is 23.4 Å². The first-order chi connectivity index (χ1) is 11.2. The Morgan fingerprint density at radius 1 is 1.17 bits per heavy atom. The van der Waals surface area contributed by atoms with Gasteiger partial charge in [0.1, 0.15) is 5.75 Å². The van der Waals surface area contributed by atoms with Gasteiger partial charge < -0.3 is 9.64 Å². The first-order valence-electron chi connectivity index (χ1n) is 8.09. The summed E-state index contributed by atoms with van der Waals surface area (Å²) in [4.78, 5) is 12.9. The maximum atomic E-state index is 11.1. The summed E-state index contributed by atoms with van der Waals surface area (Å²) in [7, 11) is 0. The van der Waals surface area contributed by atoms with E-state index in [4.69, 9.17) is 4.74 Å². The summed E-state index contributed by atoms with van der Waals surface area (Å²) in [5.41, 5.74) is 3.85. The minimum absolute atomic E-state index is 0.100. The van der Waals surface area contributed by atoms with Crippen LogP contribution in [0.1, 0.15) is 37.5 Å². The lowest BCUT2D eigenvalue weighted by Crippen LogP contribution is -2.59. The monoisotopic (exact) mass is 324 g/mol. The van der Waals surface area contributed by atoms with Crippen molar-refractivity contribution >= 4 is 11.4 Å². The number of nitro groups is 1. The second-order valence-electron chi connectivity index (χ2n) is 7.37. The molecule has 0 aliphatic carbocycles. The van der Waals surface area contributed by atoms with Crippen LogP contribution in [0.3, 0.4) is 0 Å². The Balaban J connectivity index is 1.88. The van der Waals surface area contributed by atoms with E-state index in [0.717, 1.165) is 17.0 Å². The average Bonchev–Trinajstić information content (AvgIpc) is 2.69. The Bertz CT molecular complexity index is 875. The molecular formula is C19H20N2O3. The molecule has 0 N–H and O–H groups in total. The maximum Gasteiger partial charge on any atom is 0.270 e. The van der Waals surface area contributed by atoms with Crippen LogP contribution in [-0.4, -0.2) is 10.6 Å². The van der Waals surface area contributed by atoms with E-state index in [0.29, 0.717) is 6.54 Å². The minimum Gasteiger partial charge on any atom is -0.467 e. The smallest absolute Gasteiger partial charge is 0.270 e. The van der Waals surface area contributed by atoms with E-state index >= 15 is 0 Å². The van der Waals surface area contributed by atoms with Crippen LogP contribution >= 0.6 is 0 Å². The molecule has 0 bridgehead atoms. The standard InChI is InChI=1S/C19H20N2O3/c1-12-5-7-16-15(9-12)18(2,3)19(4)20(16)11-13-10-14(21(22)23)6-8-17(13)24-19/h5-10H,11H2,1-4H3/t19-/m0/s1. The molecule has 0 spiro atoms. The fourth-order valence-electron chi connectivity index (χ4n) is 3.91. The van der Waals surface area contributed by atoms with E-state index in [-0.39, 0.29) is 16.0 Å². The molecule has 24 heavy (non-hydrogen) atoms. The number of nitro benzene ring substituents is 1. The van der Waals surface area contributed by atoms with Crippen molar-refractivity contribution in [3.8, 4) is 5.75 Å². The third-order valence-electron chi connectivity index (χ3n) is 5.68. The van der Waals surface area contributed by atoms with Crippen molar-refractivity contribution in [2.24, 2.45) is 0 Å². The van der Waals surface area contributed by atoms with Gasteiger partial charge in [0.2, 0.25) is 0 Å². The molecule has 2 aliphatic heterocycles. The molecule has 0 unspecified atom stereocenters. The lowest BCUT2D eigenvalue weighted by molar-refractivity contribution is -0.385. The van der Waals surface area contributed by atoms with Crippen LogP contribution < -0.4 is 9.64 Å². The zero-order valence-electron chi connectivity index (χ0n) is 14.3. The van der Waals surface area contributed by atoms with E-state index in [1.165, 1.54) is 17.2 Å². The molecule has 2 aromatic carbocycles. The van der Waals surface area contributed by atoms with E-state index in [9.17, 15) is 10.1 Å².